The van der Waals surface area contributed by atoms with Gasteiger partial charge in [0.05, 0.1) is 5.69 Å². The highest BCUT2D eigenvalue weighted by Gasteiger charge is 2.24. The number of aromatic amines is 1. The van der Waals surface area contributed by atoms with Crippen molar-refractivity contribution in [2.75, 3.05) is 63.9 Å². The van der Waals surface area contributed by atoms with Crippen LogP contribution in [0.4, 0.5) is 5.95 Å². The van der Waals surface area contributed by atoms with Crippen molar-refractivity contribution in [1.29, 1.82) is 0 Å². The number of anilines is 1. The highest BCUT2D eigenvalue weighted by molar-refractivity contribution is 5.78. The van der Waals surface area contributed by atoms with Crippen LogP contribution in [0.2, 0.25) is 0 Å². The van der Waals surface area contributed by atoms with Crippen LogP contribution < -0.4 is 15.2 Å². The number of hydrogen-bond acceptors (Lipinski definition) is 7. The largest absolute Gasteiger partial charge is 0.484 e. The van der Waals surface area contributed by atoms with Crippen molar-refractivity contribution in [3.63, 3.8) is 0 Å². The fourth-order valence-electron chi connectivity index (χ4n) is 4.82. The molecule has 1 amide bonds. The molecule has 2 aromatic carbocycles. The van der Waals surface area contributed by atoms with Gasteiger partial charge in [0.2, 0.25) is 5.95 Å². The van der Waals surface area contributed by atoms with Crippen molar-refractivity contribution in [3.8, 4) is 5.75 Å². The van der Waals surface area contributed by atoms with E-state index in [4.69, 9.17) is 9.72 Å². The summed E-state index contributed by atoms with van der Waals surface area (Å²) in [7, 11) is 0. The minimum Gasteiger partial charge on any atom is -0.484 e. The molecule has 0 saturated carbocycles. The molecule has 0 unspecified atom stereocenters. The first-order chi connectivity index (χ1) is 18.1. The second-order valence-corrected chi connectivity index (χ2v) is 9.57. The van der Waals surface area contributed by atoms with Crippen molar-refractivity contribution in [1.82, 2.24) is 24.7 Å². The van der Waals surface area contributed by atoms with Crippen LogP contribution in [0.3, 0.4) is 0 Å². The van der Waals surface area contributed by atoms with Crippen LogP contribution in [0.25, 0.3) is 0 Å². The number of rotatable bonds is 8. The van der Waals surface area contributed by atoms with E-state index >= 15 is 0 Å². The van der Waals surface area contributed by atoms with Gasteiger partial charge in [-0.15, -0.1) is 0 Å². The van der Waals surface area contributed by atoms with Gasteiger partial charge in [0.1, 0.15) is 5.75 Å². The number of para-hydroxylation sites is 1. The zero-order chi connectivity index (χ0) is 25.5. The Kier molecular flexibility index (Phi) is 8.12. The van der Waals surface area contributed by atoms with E-state index in [1.807, 2.05) is 41.3 Å². The minimum absolute atomic E-state index is 0.0210. The third-order valence-corrected chi connectivity index (χ3v) is 6.92. The predicted molar refractivity (Wildman–Crippen MR) is 143 cm³/mol. The van der Waals surface area contributed by atoms with Crippen LogP contribution in [-0.4, -0.2) is 89.5 Å². The number of carbonyl (C=O) groups is 1. The standard InChI is InChI=1S/C28H34N6O3/c35-26-19-24(21-32-13-11-31(12-14-32)20-23-7-3-1-4-8-23)29-28(30-26)34-17-15-33(16-18-34)27(36)22-37-25-9-5-2-6-10-25/h1-10,19H,11-18,20-22H2,(H,29,30,35). The Balaban J connectivity index is 1.10. The van der Waals surface area contributed by atoms with Gasteiger partial charge in [0, 0.05) is 71.5 Å². The van der Waals surface area contributed by atoms with E-state index in [-0.39, 0.29) is 18.1 Å². The number of hydrogen-bond donors (Lipinski definition) is 1. The maximum atomic E-state index is 12.6. The number of ether oxygens (including phenoxy) is 1. The highest BCUT2D eigenvalue weighted by Crippen LogP contribution is 2.14. The Labute approximate surface area is 217 Å². The van der Waals surface area contributed by atoms with Crippen LogP contribution in [0.1, 0.15) is 11.3 Å². The first-order valence-corrected chi connectivity index (χ1v) is 12.9. The van der Waals surface area contributed by atoms with Crippen LogP contribution in [0.15, 0.2) is 71.5 Å². The summed E-state index contributed by atoms with van der Waals surface area (Å²) >= 11 is 0. The van der Waals surface area contributed by atoms with E-state index in [0.29, 0.717) is 44.4 Å². The van der Waals surface area contributed by atoms with E-state index in [1.165, 1.54) is 5.56 Å². The van der Waals surface area contributed by atoms with Crippen molar-refractivity contribution < 1.29 is 9.53 Å². The smallest absolute Gasteiger partial charge is 0.260 e. The lowest BCUT2D eigenvalue weighted by Gasteiger charge is -2.36. The summed E-state index contributed by atoms with van der Waals surface area (Å²) in [5.41, 5.74) is 1.98. The average molecular weight is 503 g/mol. The fraction of sp³-hybridized carbons (Fsp3) is 0.393. The molecule has 9 heteroatoms. The van der Waals surface area contributed by atoms with Crippen molar-refractivity contribution in [2.45, 2.75) is 13.1 Å². The second-order valence-electron chi connectivity index (χ2n) is 9.57. The summed E-state index contributed by atoms with van der Waals surface area (Å²) in [5.74, 6) is 1.23. The van der Waals surface area contributed by atoms with Gasteiger partial charge < -0.3 is 14.5 Å². The maximum Gasteiger partial charge on any atom is 0.260 e. The summed E-state index contributed by atoms with van der Waals surface area (Å²) < 4.78 is 5.60. The molecule has 1 N–H and O–H groups in total. The van der Waals surface area contributed by atoms with Crippen molar-refractivity contribution in [2.24, 2.45) is 0 Å². The number of amides is 1. The maximum absolute atomic E-state index is 12.6. The van der Waals surface area contributed by atoms with Crippen LogP contribution in [0, 0.1) is 0 Å². The van der Waals surface area contributed by atoms with E-state index < -0.39 is 0 Å². The van der Waals surface area contributed by atoms with Crippen LogP contribution in [-0.2, 0) is 17.9 Å². The lowest BCUT2D eigenvalue weighted by atomic mass is 10.2. The van der Waals surface area contributed by atoms with Gasteiger partial charge in [-0.2, -0.15) is 0 Å². The number of benzene rings is 2. The number of carbonyl (C=O) groups excluding carboxylic acids is 1. The third-order valence-electron chi connectivity index (χ3n) is 6.92. The fourth-order valence-corrected chi connectivity index (χ4v) is 4.82. The predicted octanol–water partition coefficient (Wildman–Crippen LogP) is 1.82. The molecule has 0 aliphatic carbocycles. The summed E-state index contributed by atoms with van der Waals surface area (Å²) in [4.78, 5) is 41.3. The molecule has 37 heavy (non-hydrogen) atoms. The molecule has 5 rings (SSSR count). The normalized spacial score (nSPS) is 17.1. The molecule has 2 saturated heterocycles. The Morgan fingerprint density at radius 3 is 2.11 bits per heavy atom. The first kappa shape index (κ1) is 25.0. The van der Waals surface area contributed by atoms with E-state index in [9.17, 15) is 9.59 Å². The zero-order valence-electron chi connectivity index (χ0n) is 21.1. The summed E-state index contributed by atoms with van der Waals surface area (Å²) in [6.45, 7) is 7.88. The molecular weight excluding hydrogens is 468 g/mol. The molecule has 0 atom stereocenters. The molecule has 194 valence electrons. The number of H-pyrrole nitrogens is 1. The van der Waals surface area contributed by atoms with E-state index in [2.05, 4.69) is 39.0 Å². The molecule has 3 heterocycles. The minimum atomic E-state index is -0.141. The Bertz CT molecular complexity index is 1200. The van der Waals surface area contributed by atoms with Gasteiger partial charge in [0.25, 0.3) is 11.5 Å². The molecule has 0 bridgehead atoms. The lowest BCUT2D eigenvalue weighted by molar-refractivity contribution is -0.133. The third kappa shape index (κ3) is 6.96. The van der Waals surface area contributed by atoms with Gasteiger partial charge in [-0.05, 0) is 17.7 Å². The van der Waals surface area contributed by atoms with Crippen LogP contribution in [0.5, 0.6) is 5.75 Å². The molecule has 3 aromatic rings. The highest BCUT2D eigenvalue weighted by atomic mass is 16.5. The summed E-state index contributed by atoms with van der Waals surface area (Å²) in [5, 5.41) is 0. The molecule has 2 aliphatic heterocycles. The molecule has 1 aromatic heterocycles. The number of nitrogens with one attached hydrogen (secondary N) is 1. The molecular formula is C28H34N6O3. The van der Waals surface area contributed by atoms with Crippen molar-refractivity contribution in [3.05, 3.63) is 88.3 Å². The Morgan fingerprint density at radius 2 is 1.43 bits per heavy atom. The topological polar surface area (TPSA) is 85.0 Å². The van der Waals surface area contributed by atoms with Gasteiger partial charge in [0.15, 0.2) is 6.61 Å². The quantitative estimate of drug-likeness (QED) is 0.503. The lowest BCUT2D eigenvalue weighted by Crippen LogP contribution is -2.50. The van der Waals surface area contributed by atoms with E-state index in [1.54, 1.807) is 11.0 Å². The zero-order valence-corrected chi connectivity index (χ0v) is 21.1. The van der Waals surface area contributed by atoms with Gasteiger partial charge >= 0.3 is 0 Å². The Hall–Kier alpha value is -3.69. The van der Waals surface area contributed by atoms with Crippen LogP contribution >= 0.6 is 0 Å². The number of aromatic nitrogens is 2. The molecule has 2 fully saturated rings. The molecule has 0 radical (unpaired) electrons. The van der Waals surface area contributed by atoms with Gasteiger partial charge in [-0.25, -0.2) is 4.98 Å². The van der Waals surface area contributed by atoms with Crippen molar-refractivity contribution >= 4 is 11.9 Å². The number of piperazine rings is 2. The SMILES string of the molecule is O=C(COc1ccccc1)N1CCN(c2nc(CN3CCN(Cc4ccccc4)CC3)cc(=O)[nH]2)CC1. The average Bonchev–Trinajstić information content (AvgIpc) is 2.94. The molecule has 2 aliphatic rings. The van der Waals surface area contributed by atoms with E-state index in [0.717, 1.165) is 38.4 Å². The second kappa shape index (κ2) is 12.0. The molecule has 9 nitrogen and oxygen atoms in total. The Morgan fingerprint density at radius 1 is 0.811 bits per heavy atom. The molecule has 0 spiro atoms. The van der Waals surface area contributed by atoms with Gasteiger partial charge in [-0.1, -0.05) is 48.5 Å². The first-order valence-electron chi connectivity index (χ1n) is 12.9. The summed E-state index contributed by atoms with van der Waals surface area (Å²) in [6.07, 6.45) is 0. The van der Waals surface area contributed by atoms with Gasteiger partial charge in [-0.3, -0.25) is 24.4 Å². The number of nitrogens with zero attached hydrogens (tertiary/aromatic N) is 5. The monoisotopic (exact) mass is 502 g/mol. The summed E-state index contributed by atoms with van der Waals surface area (Å²) in [6, 6.07) is 21.5.